The van der Waals surface area contributed by atoms with Gasteiger partial charge in [0.05, 0.1) is 17.0 Å². The number of amides is 1. The van der Waals surface area contributed by atoms with Crippen molar-refractivity contribution in [2.24, 2.45) is 0 Å². The quantitative estimate of drug-likeness (QED) is 0.275. The SMILES string of the molecule is Cc1ccc(/C=C2\SC(=S)N(CC(=O)c3c(C)c(C#N)c(=O)n(CCc4ccccc4)c3O)C2=O)cc1. The minimum Gasteiger partial charge on any atom is -0.494 e. The number of aryl methyl sites for hydroxylation is 2. The highest BCUT2D eigenvalue weighted by Crippen LogP contribution is 2.33. The second kappa shape index (κ2) is 10.9. The highest BCUT2D eigenvalue weighted by atomic mass is 32.2. The lowest BCUT2D eigenvalue weighted by Gasteiger charge is -2.18. The number of pyridine rings is 1. The molecule has 0 bridgehead atoms. The lowest BCUT2D eigenvalue weighted by molar-refractivity contribution is -0.121. The Labute approximate surface area is 223 Å². The van der Waals surface area contributed by atoms with Gasteiger partial charge in [-0.2, -0.15) is 5.26 Å². The molecule has 1 aliphatic rings. The van der Waals surface area contributed by atoms with Crippen molar-refractivity contribution in [2.45, 2.75) is 26.8 Å². The molecule has 1 aromatic heterocycles. The van der Waals surface area contributed by atoms with Gasteiger partial charge < -0.3 is 5.11 Å². The maximum absolute atomic E-state index is 13.4. The van der Waals surface area contributed by atoms with Crippen LogP contribution in [0, 0.1) is 25.2 Å². The molecule has 9 heteroatoms. The van der Waals surface area contributed by atoms with E-state index in [0.29, 0.717) is 11.3 Å². The number of thiocarbonyl (C=S) groups is 1. The molecule has 0 radical (unpaired) electrons. The molecule has 0 spiro atoms. The molecule has 3 aromatic rings. The van der Waals surface area contributed by atoms with E-state index in [2.05, 4.69) is 0 Å². The molecule has 2 aromatic carbocycles. The van der Waals surface area contributed by atoms with Gasteiger partial charge in [0, 0.05) is 6.54 Å². The molecule has 7 nitrogen and oxygen atoms in total. The molecule has 1 N–H and O–H groups in total. The summed E-state index contributed by atoms with van der Waals surface area (Å²) in [7, 11) is 0. The number of nitriles is 1. The van der Waals surface area contributed by atoms with Gasteiger partial charge in [0.1, 0.15) is 16.0 Å². The van der Waals surface area contributed by atoms with E-state index in [1.807, 2.05) is 67.6 Å². The molecule has 0 atom stereocenters. The fourth-order valence-electron chi connectivity index (χ4n) is 4.05. The van der Waals surface area contributed by atoms with Crippen LogP contribution in [0.1, 0.15) is 38.2 Å². The Hall–Kier alpha value is -4.00. The molecule has 1 saturated heterocycles. The largest absolute Gasteiger partial charge is 0.494 e. The summed E-state index contributed by atoms with van der Waals surface area (Å²) in [6, 6.07) is 18.8. The fraction of sp³-hybridized carbons (Fsp3) is 0.179. The number of hydrogen-bond donors (Lipinski definition) is 1. The normalized spacial score (nSPS) is 14.3. The predicted molar refractivity (Wildman–Crippen MR) is 147 cm³/mol. The number of rotatable bonds is 7. The fourth-order valence-corrected chi connectivity index (χ4v) is 5.31. The van der Waals surface area contributed by atoms with Gasteiger partial charge in [0.2, 0.25) is 5.88 Å². The van der Waals surface area contributed by atoms with E-state index in [1.54, 1.807) is 6.08 Å². The average molecular weight is 530 g/mol. The molecule has 37 heavy (non-hydrogen) atoms. The molecule has 186 valence electrons. The molecule has 0 aliphatic carbocycles. The van der Waals surface area contributed by atoms with E-state index in [4.69, 9.17) is 12.2 Å². The minimum atomic E-state index is -0.670. The maximum Gasteiger partial charge on any atom is 0.271 e. The number of carbonyl (C=O) groups is 2. The number of Topliss-reactive ketones (excluding diaryl/α,β-unsaturated/α-hetero) is 1. The summed E-state index contributed by atoms with van der Waals surface area (Å²) in [6.45, 7) is 3.06. The van der Waals surface area contributed by atoms with E-state index in [1.165, 1.54) is 11.8 Å². The molecule has 1 fully saturated rings. The second-order valence-electron chi connectivity index (χ2n) is 8.60. The first-order valence-electron chi connectivity index (χ1n) is 11.5. The van der Waals surface area contributed by atoms with Crippen molar-refractivity contribution in [3.63, 3.8) is 0 Å². The van der Waals surface area contributed by atoms with Gasteiger partial charge in [-0.1, -0.05) is 84.1 Å². The molecule has 0 unspecified atom stereocenters. The third kappa shape index (κ3) is 5.40. The van der Waals surface area contributed by atoms with Crippen LogP contribution >= 0.6 is 24.0 Å². The Morgan fingerprint density at radius 2 is 1.78 bits per heavy atom. The van der Waals surface area contributed by atoms with Gasteiger partial charge in [-0.3, -0.25) is 23.9 Å². The first-order chi connectivity index (χ1) is 17.7. The Morgan fingerprint density at radius 3 is 2.43 bits per heavy atom. The Bertz CT molecular complexity index is 1530. The second-order valence-corrected chi connectivity index (χ2v) is 10.3. The Morgan fingerprint density at radius 1 is 1.11 bits per heavy atom. The number of aromatic hydroxyl groups is 1. The lowest BCUT2D eigenvalue weighted by atomic mass is 10.0. The number of nitrogens with zero attached hydrogens (tertiary/aromatic N) is 3. The first-order valence-corrected chi connectivity index (χ1v) is 12.7. The Balaban J connectivity index is 1.62. The first kappa shape index (κ1) is 26.1. The van der Waals surface area contributed by atoms with Gasteiger partial charge in [-0.25, -0.2) is 0 Å². The van der Waals surface area contributed by atoms with Crippen molar-refractivity contribution in [3.8, 4) is 11.9 Å². The minimum absolute atomic E-state index is 0.0737. The van der Waals surface area contributed by atoms with Crippen LogP contribution in [0.15, 0.2) is 64.3 Å². The van der Waals surface area contributed by atoms with Crippen molar-refractivity contribution in [1.29, 1.82) is 5.26 Å². The average Bonchev–Trinajstić information content (AvgIpc) is 3.13. The van der Waals surface area contributed by atoms with Crippen molar-refractivity contribution in [1.82, 2.24) is 9.47 Å². The summed E-state index contributed by atoms with van der Waals surface area (Å²) >= 11 is 6.45. The lowest BCUT2D eigenvalue weighted by Crippen LogP contribution is -2.35. The number of aromatic nitrogens is 1. The van der Waals surface area contributed by atoms with E-state index in [0.717, 1.165) is 33.0 Å². The highest BCUT2D eigenvalue weighted by Gasteiger charge is 2.35. The Kier molecular flexibility index (Phi) is 7.71. The van der Waals surface area contributed by atoms with Crippen LogP contribution < -0.4 is 5.56 Å². The zero-order valence-corrected chi connectivity index (χ0v) is 21.9. The van der Waals surface area contributed by atoms with Gasteiger partial charge in [0.25, 0.3) is 11.5 Å². The molecule has 4 rings (SSSR count). The third-order valence-corrected chi connectivity index (χ3v) is 7.47. The summed E-state index contributed by atoms with van der Waals surface area (Å²) in [4.78, 5) is 40.9. The number of ketones is 1. The van der Waals surface area contributed by atoms with E-state index in [-0.39, 0.29) is 27.6 Å². The van der Waals surface area contributed by atoms with E-state index in [9.17, 15) is 24.8 Å². The molecular formula is C28H23N3O4S2. The third-order valence-electron chi connectivity index (χ3n) is 6.10. The van der Waals surface area contributed by atoms with Gasteiger partial charge >= 0.3 is 0 Å². The predicted octanol–water partition coefficient (Wildman–Crippen LogP) is 4.37. The van der Waals surface area contributed by atoms with Crippen LogP contribution in [0.3, 0.4) is 0 Å². The molecule has 0 saturated carbocycles. The summed E-state index contributed by atoms with van der Waals surface area (Å²) in [6.07, 6.45) is 2.12. The summed E-state index contributed by atoms with van der Waals surface area (Å²) < 4.78 is 1.25. The van der Waals surface area contributed by atoms with Crippen molar-refractivity contribution in [3.05, 3.63) is 103 Å². The van der Waals surface area contributed by atoms with Gasteiger partial charge in [-0.05, 0) is 43.0 Å². The van der Waals surface area contributed by atoms with Crippen LogP contribution in [0.4, 0.5) is 0 Å². The number of hydrogen-bond acceptors (Lipinski definition) is 7. The smallest absolute Gasteiger partial charge is 0.271 e. The summed E-state index contributed by atoms with van der Waals surface area (Å²) in [5, 5.41) is 20.6. The number of carbonyl (C=O) groups excluding carboxylic acids is 2. The van der Waals surface area contributed by atoms with Crippen LogP contribution in [0.2, 0.25) is 0 Å². The molecule has 1 amide bonds. The molecule has 2 heterocycles. The maximum atomic E-state index is 13.4. The highest BCUT2D eigenvalue weighted by molar-refractivity contribution is 8.26. The molecule has 1 aliphatic heterocycles. The van der Waals surface area contributed by atoms with Crippen molar-refractivity contribution >= 4 is 46.1 Å². The monoisotopic (exact) mass is 529 g/mol. The summed E-state index contributed by atoms with van der Waals surface area (Å²) in [5.41, 5.74) is 1.86. The standard InChI is InChI=1S/C28H23N3O4S2/c1-17-8-10-20(11-9-17)14-23-26(34)31(28(36)37-23)16-22(32)24-18(2)21(15-29)25(33)30(27(24)35)13-12-19-6-4-3-5-7-19/h3-11,14,35H,12-13,16H2,1-2H3/b23-14-. The van der Waals surface area contributed by atoms with Gasteiger partial charge in [0.15, 0.2) is 5.78 Å². The van der Waals surface area contributed by atoms with Crippen LogP contribution in [-0.4, -0.2) is 37.1 Å². The van der Waals surface area contributed by atoms with Crippen molar-refractivity contribution < 1.29 is 14.7 Å². The van der Waals surface area contributed by atoms with E-state index < -0.39 is 29.7 Å². The van der Waals surface area contributed by atoms with Crippen LogP contribution in [-0.2, 0) is 17.8 Å². The zero-order valence-electron chi connectivity index (χ0n) is 20.2. The zero-order chi connectivity index (χ0) is 26.7. The van der Waals surface area contributed by atoms with Gasteiger partial charge in [-0.15, -0.1) is 0 Å². The topological polar surface area (TPSA) is 103 Å². The van der Waals surface area contributed by atoms with Crippen LogP contribution in [0.5, 0.6) is 5.88 Å². The molecular weight excluding hydrogens is 506 g/mol. The number of thioether (sulfide) groups is 1. The number of benzene rings is 2. The summed E-state index contributed by atoms with van der Waals surface area (Å²) in [5.74, 6) is -1.56. The van der Waals surface area contributed by atoms with Crippen LogP contribution in [0.25, 0.3) is 6.08 Å². The van der Waals surface area contributed by atoms with E-state index >= 15 is 0 Å². The van der Waals surface area contributed by atoms with Crippen molar-refractivity contribution in [2.75, 3.05) is 6.54 Å².